The number of thiazole rings is 1. The first-order chi connectivity index (χ1) is 14.8. The molecule has 3 aromatic rings. The molecule has 1 aliphatic heterocycles. The van der Waals surface area contributed by atoms with Gasteiger partial charge in [0.05, 0.1) is 4.88 Å². The first-order valence-corrected chi connectivity index (χ1v) is 11.3. The minimum Gasteiger partial charge on any atom is -0.378 e. The van der Waals surface area contributed by atoms with Crippen LogP contribution in [0.15, 0.2) is 36.8 Å². The molecule has 0 atom stereocenters. The van der Waals surface area contributed by atoms with E-state index in [1.54, 1.807) is 13.8 Å². The topological polar surface area (TPSA) is 89.7 Å². The Hall–Kier alpha value is -2.34. The number of likely N-dealkylation sites (tertiary alicyclic amines) is 1. The Morgan fingerprint density at radius 3 is 2.68 bits per heavy atom. The largest absolute Gasteiger partial charge is 0.378 e. The van der Waals surface area contributed by atoms with E-state index in [-0.39, 0.29) is 5.92 Å². The summed E-state index contributed by atoms with van der Waals surface area (Å²) >= 11 is 1.51. The Morgan fingerprint density at radius 1 is 1.19 bits per heavy atom. The van der Waals surface area contributed by atoms with Crippen LogP contribution in [0.5, 0.6) is 0 Å². The van der Waals surface area contributed by atoms with Gasteiger partial charge in [-0.2, -0.15) is 0 Å². The van der Waals surface area contributed by atoms with Crippen LogP contribution in [0.1, 0.15) is 37.3 Å². The number of fused-ring (bicyclic) bond motifs is 1. The van der Waals surface area contributed by atoms with Crippen LogP contribution in [0.2, 0.25) is 0 Å². The van der Waals surface area contributed by atoms with Crippen LogP contribution in [0.4, 0.5) is 0 Å². The van der Waals surface area contributed by atoms with Gasteiger partial charge in [0, 0.05) is 36.4 Å². The normalized spacial score (nSPS) is 15.9. The summed E-state index contributed by atoms with van der Waals surface area (Å²) in [6, 6.07) is 6.33. The molecule has 162 valence electrons. The lowest BCUT2D eigenvalue weighted by atomic mass is 9.95. The first kappa shape index (κ1) is 21.9. The molecule has 0 radical (unpaired) electrons. The maximum absolute atomic E-state index is 9.80. The summed E-state index contributed by atoms with van der Waals surface area (Å²) < 4.78 is 0. The number of aliphatic hydroxyl groups excluding tert-OH is 1. The van der Waals surface area contributed by atoms with E-state index in [0.29, 0.717) is 5.01 Å². The molecular formula is C24H27N3O3S. The lowest BCUT2D eigenvalue weighted by Gasteiger charge is -2.32. The van der Waals surface area contributed by atoms with E-state index in [4.69, 9.17) is 0 Å². The maximum atomic E-state index is 9.80. The number of hydrogen-bond acceptors (Lipinski definition) is 7. The van der Waals surface area contributed by atoms with Crippen molar-refractivity contribution in [2.24, 2.45) is 5.92 Å². The van der Waals surface area contributed by atoms with Crippen molar-refractivity contribution in [1.29, 1.82) is 0 Å². The number of aliphatic hydroxyl groups is 3. The SMILES string of the molecule is CC(C)(O)C#Cc1ncc(-c2ccc3cncc(CN4CCC(C(O)O)CC4)c3c2)s1. The van der Waals surface area contributed by atoms with Gasteiger partial charge in [-0.1, -0.05) is 18.1 Å². The van der Waals surface area contributed by atoms with Crippen molar-refractivity contribution >= 4 is 22.1 Å². The van der Waals surface area contributed by atoms with Crippen molar-refractivity contribution < 1.29 is 15.3 Å². The third kappa shape index (κ3) is 5.48. The van der Waals surface area contributed by atoms with Crippen molar-refractivity contribution in [2.45, 2.75) is 45.1 Å². The second-order valence-electron chi connectivity index (χ2n) is 8.60. The molecular weight excluding hydrogens is 410 g/mol. The zero-order chi connectivity index (χ0) is 22.0. The summed E-state index contributed by atoms with van der Waals surface area (Å²) in [7, 11) is 0. The molecule has 0 aliphatic carbocycles. The van der Waals surface area contributed by atoms with Gasteiger partial charge < -0.3 is 15.3 Å². The van der Waals surface area contributed by atoms with E-state index in [0.717, 1.165) is 59.3 Å². The molecule has 7 heteroatoms. The third-order valence-electron chi connectivity index (χ3n) is 5.56. The highest BCUT2D eigenvalue weighted by molar-refractivity contribution is 7.15. The monoisotopic (exact) mass is 437 g/mol. The Bertz CT molecular complexity index is 1120. The van der Waals surface area contributed by atoms with E-state index in [1.165, 1.54) is 11.3 Å². The smallest absolute Gasteiger partial charge is 0.167 e. The highest BCUT2D eigenvalue weighted by Crippen LogP contribution is 2.31. The van der Waals surface area contributed by atoms with Gasteiger partial charge in [-0.25, -0.2) is 4.98 Å². The van der Waals surface area contributed by atoms with Crippen LogP contribution in [0, 0.1) is 17.8 Å². The van der Waals surface area contributed by atoms with Crippen LogP contribution in [0.25, 0.3) is 21.2 Å². The number of hydrogen-bond donors (Lipinski definition) is 3. The Kier molecular flexibility index (Phi) is 6.37. The zero-order valence-corrected chi connectivity index (χ0v) is 18.6. The fraction of sp³-hybridized carbons (Fsp3) is 0.417. The van der Waals surface area contributed by atoms with Gasteiger partial charge in [0.25, 0.3) is 0 Å². The van der Waals surface area contributed by atoms with Crippen LogP contribution >= 0.6 is 11.3 Å². The molecule has 4 rings (SSSR count). The summed E-state index contributed by atoms with van der Waals surface area (Å²) in [5, 5.41) is 31.6. The standard InChI is InChI=1S/C24H27N3O3S/c1-24(2,30)8-5-22-26-14-21(31-22)17-3-4-18-12-25-13-19(20(18)11-17)15-27-9-6-16(7-10-27)23(28)29/h3-4,11-14,16,23,28-30H,6-7,9-10,15H2,1-2H3. The summed E-state index contributed by atoms with van der Waals surface area (Å²) in [6.07, 6.45) is 5.98. The molecule has 3 N–H and O–H groups in total. The molecule has 0 saturated carbocycles. The molecule has 31 heavy (non-hydrogen) atoms. The molecule has 6 nitrogen and oxygen atoms in total. The number of rotatable bonds is 4. The van der Waals surface area contributed by atoms with Gasteiger partial charge in [-0.05, 0) is 68.3 Å². The van der Waals surface area contributed by atoms with Crippen molar-refractivity contribution in [1.82, 2.24) is 14.9 Å². The molecule has 3 heterocycles. The lowest BCUT2D eigenvalue weighted by Crippen LogP contribution is -2.37. The second-order valence-corrected chi connectivity index (χ2v) is 9.63. The van der Waals surface area contributed by atoms with Gasteiger partial charge in [-0.15, -0.1) is 11.3 Å². The minimum atomic E-state index is -1.22. The molecule has 1 aromatic carbocycles. The molecule has 1 saturated heterocycles. The quantitative estimate of drug-likeness (QED) is 0.430. The number of benzene rings is 1. The number of nitrogens with zero attached hydrogens (tertiary/aromatic N) is 3. The first-order valence-electron chi connectivity index (χ1n) is 10.5. The molecule has 1 fully saturated rings. The van der Waals surface area contributed by atoms with E-state index < -0.39 is 11.9 Å². The van der Waals surface area contributed by atoms with E-state index in [2.05, 4.69) is 44.9 Å². The fourth-order valence-corrected chi connectivity index (χ4v) is 4.59. The van der Waals surface area contributed by atoms with Crippen molar-refractivity contribution in [3.05, 3.63) is 47.4 Å². The Balaban J connectivity index is 1.57. The third-order valence-corrected chi connectivity index (χ3v) is 6.52. The van der Waals surface area contributed by atoms with Crippen LogP contribution < -0.4 is 0 Å². The van der Waals surface area contributed by atoms with Crippen molar-refractivity contribution in [3.8, 4) is 22.3 Å². The molecule has 0 bridgehead atoms. The van der Waals surface area contributed by atoms with Gasteiger partial charge in [0.1, 0.15) is 5.60 Å². The van der Waals surface area contributed by atoms with Gasteiger partial charge >= 0.3 is 0 Å². The van der Waals surface area contributed by atoms with Gasteiger partial charge in [0.15, 0.2) is 11.3 Å². The average molecular weight is 438 g/mol. The minimum absolute atomic E-state index is 0.0338. The van der Waals surface area contributed by atoms with E-state index >= 15 is 0 Å². The predicted octanol–water partition coefficient (Wildman–Crippen LogP) is 3.00. The van der Waals surface area contributed by atoms with E-state index in [1.807, 2.05) is 18.6 Å². The van der Waals surface area contributed by atoms with Crippen molar-refractivity contribution in [2.75, 3.05) is 13.1 Å². The Morgan fingerprint density at radius 2 is 1.97 bits per heavy atom. The average Bonchev–Trinajstić information content (AvgIpc) is 3.21. The van der Waals surface area contributed by atoms with Gasteiger partial charge in [-0.3, -0.25) is 9.88 Å². The van der Waals surface area contributed by atoms with Crippen molar-refractivity contribution in [3.63, 3.8) is 0 Å². The molecule has 0 unspecified atom stereocenters. The highest BCUT2D eigenvalue weighted by atomic mass is 32.1. The maximum Gasteiger partial charge on any atom is 0.167 e. The summed E-state index contributed by atoms with van der Waals surface area (Å²) in [5.41, 5.74) is 1.20. The molecule has 0 amide bonds. The number of pyridine rings is 1. The van der Waals surface area contributed by atoms with Gasteiger partial charge in [0.2, 0.25) is 0 Å². The molecule has 2 aromatic heterocycles. The number of aromatic nitrogens is 2. The lowest BCUT2D eigenvalue weighted by molar-refractivity contribution is -0.0985. The van der Waals surface area contributed by atoms with Crippen LogP contribution in [0.3, 0.4) is 0 Å². The highest BCUT2D eigenvalue weighted by Gasteiger charge is 2.24. The summed E-state index contributed by atoms with van der Waals surface area (Å²) in [5.74, 6) is 5.72. The van der Waals surface area contributed by atoms with E-state index in [9.17, 15) is 15.3 Å². The molecule has 1 aliphatic rings. The summed E-state index contributed by atoms with van der Waals surface area (Å²) in [4.78, 5) is 12.2. The predicted molar refractivity (Wildman–Crippen MR) is 122 cm³/mol. The Labute approximate surface area is 186 Å². The van der Waals surface area contributed by atoms with Crippen LogP contribution in [-0.2, 0) is 6.54 Å². The fourth-order valence-electron chi connectivity index (χ4n) is 3.83. The number of piperidine rings is 1. The molecule has 0 spiro atoms. The summed E-state index contributed by atoms with van der Waals surface area (Å²) in [6.45, 7) is 5.78. The second kappa shape index (κ2) is 9.03. The zero-order valence-electron chi connectivity index (χ0n) is 17.7. The van der Waals surface area contributed by atoms with Crippen LogP contribution in [-0.4, -0.2) is 55.2 Å².